The lowest BCUT2D eigenvalue weighted by Crippen LogP contribution is -2.16. The molecule has 0 aliphatic rings. The molecule has 0 unspecified atom stereocenters. The number of nitrogens with zero attached hydrogens (tertiary/aromatic N) is 2. The fourth-order valence-corrected chi connectivity index (χ4v) is 3.94. The van der Waals surface area contributed by atoms with E-state index < -0.39 is 0 Å². The van der Waals surface area contributed by atoms with Crippen LogP contribution in [0.1, 0.15) is 0 Å². The first-order chi connectivity index (χ1) is 13.2. The van der Waals surface area contributed by atoms with E-state index >= 15 is 0 Å². The smallest absolute Gasteiger partial charge is 0.199 e. The Balaban J connectivity index is 1.48. The van der Waals surface area contributed by atoms with E-state index in [4.69, 9.17) is 17.0 Å². The molecule has 0 saturated heterocycles. The number of hydrogen-bond donors (Lipinski definition) is 1. The average molecular weight is 392 g/mol. The molecule has 4 aromatic rings. The van der Waals surface area contributed by atoms with Crippen LogP contribution in [0.4, 0.5) is 5.69 Å². The molecule has 0 bridgehead atoms. The number of aromatic nitrogens is 1. The van der Waals surface area contributed by atoms with E-state index in [0.29, 0.717) is 5.11 Å². The highest BCUT2D eigenvalue weighted by molar-refractivity contribution is 7.80. The molecule has 0 saturated carbocycles. The average Bonchev–Trinajstić information content (AvgIpc) is 3.00. The Hall–Kier alpha value is -2.96. The second-order valence-electron chi connectivity index (χ2n) is 5.89. The minimum Gasteiger partial charge on any atom is -0.457 e. The zero-order valence-electron chi connectivity index (χ0n) is 14.6. The first-order valence-corrected chi connectivity index (χ1v) is 9.65. The van der Waals surface area contributed by atoms with Gasteiger partial charge in [-0.2, -0.15) is 4.99 Å². The summed E-state index contributed by atoms with van der Waals surface area (Å²) in [5.41, 5.74) is 2.01. The van der Waals surface area contributed by atoms with Crippen LogP contribution in [0.2, 0.25) is 0 Å². The number of benzene rings is 3. The van der Waals surface area contributed by atoms with Crippen LogP contribution in [0, 0.1) is 0 Å². The summed E-state index contributed by atoms with van der Waals surface area (Å²) in [6.45, 7) is 0. The van der Waals surface area contributed by atoms with Gasteiger partial charge < -0.3 is 14.6 Å². The SMILES string of the molecule is Cn1c(=NC(=S)Nc2ccc(Oc3ccccc3)cc2)sc2ccccc21. The minimum atomic E-state index is 0.425. The molecule has 4 rings (SSSR count). The van der Waals surface area contributed by atoms with Crippen molar-refractivity contribution < 1.29 is 4.74 Å². The van der Waals surface area contributed by atoms with Crippen LogP contribution in [-0.4, -0.2) is 9.68 Å². The maximum atomic E-state index is 5.80. The predicted molar refractivity (Wildman–Crippen MR) is 116 cm³/mol. The van der Waals surface area contributed by atoms with Gasteiger partial charge in [-0.3, -0.25) is 0 Å². The Morgan fingerprint density at radius 2 is 1.59 bits per heavy atom. The molecule has 0 fully saturated rings. The third kappa shape index (κ3) is 4.07. The summed E-state index contributed by atoms with van der Waals surface area (Å²) in [6.07, 6.45) is 0. The fourth-order valence-electron chi connectivity index (χ4n) is 2.66. The predicted octanol–water partition coefficient (Wildman–Crippen LogP) is 5.33. The standard InChI is InChI=1S/C21H17N3OS2/c1-24-18-9-5-6-10-19(18)27-21(24)23-20(26)22-15-11-13-17(14-12-15)25-16-7-3-2-4-8-16/h2-14H,1H3,(H,22,26). The zero-order valence-corrected chi connectivity index (χ0v) is 16.3. The number of ether oxygens (including phenoxy) is 1. The molecule has 3 aromatic carbocycles. The van der Waals surface area contributed by atoms with Gasteiger partial charge in [-0.15, -0.1) is 0 Å². The lowest BCUT2D eigenvalue weighted by Gasteiger charge is -2.07. The molecule has 0 radical (unpaired) electrons. The number of para-hydroxylation sites is 2. The number of aryl methyl sites for hydroxylation is 1. The van der Waals surface area contributed by atoms with E-state index in [2.05, 4.69) is 22.4 Å². The molecule has 1 heterocycles. The normalized spacial score (nSPS) is 11.5. The zero-order chi connectivity index (χ0) is 18.6. The molecule has 0 amide bonds. The molecule has 0 aliphatic carbocycles. The number of fused-ring (bicyclic) bond motifs is 1. The highest BCUT2D eigenvalue weighted by atomic mass is 32.1. The number of nitrogens with one attached hydrogen (secondary N) is 1. The summed E-state index contributed by atoms with van der Waals surface area (Å²) in [6, 6.07) is 25.5. The van der Waals surface area contributed by atoms with Crippen molar-refractivity contribution in [2.45, 2.75) is 0 Å². The van der Waals surface area contributed by atoms with Gasteiger partial charge in [0.25, 0.3) is 0 Å². The first-order valence-electron chi connectivity index (χ1n) is 8.42. The van der Waals surface area contributed by atoms with Gasteiger partial charge in [0.2, 0.25) is 0 Å². The van der Waals surface area contributed by atoms with Crippen LogP contribution >= 0.6 is 23.6 Å². The van der Waals surface area contributed by atoms with E-state index in [1.165, 1.54) is 4.70 Å². The van der Waals surface area contributed by atoms with Crippen LogP contribution in [0.3, 0.4) is 0 Å². The summed E-state index contributed by atoms with van der Waals surface area (Å²) >= 11 is 7.02. The third-order valence-corrected chi connectivity index (χ3v) is 5.30. The Labute approximate surface area is 166 Å². The van der Waals surface area contributed by atoms with Gasteiger partial charge in [0.15, 0.2) is 9.91 Å². The van der Waals surface area contributed by atoms with E-state index in [1.54, 1.807) is 11.3 Å². The molecule has 6 heteroatoms. The molecule has 1 aromatic heterocycles. The van der Waals surface area contributed by atoms with Gasteiger partial charge >= 0.3 is 0 Å². The van der Waals surface area contributed by atoms with Crippen LogP contribution in [0.15, 0.2) is 83.9 Å². The molecular formula is C21H17N3OS2. The van der Waals surface area contributed by atoms with Gasteiger partial charge in [0, 0.05) is 12.7 Å². The summed E-state index contributed by atoms with van der Waals surface area (Å²) in [5, 5.41) is 3.58. The van der Waals surface area contributed by atoms with Crippen LogP contribution in [0.25, 0.3) is 10.2 Å². The summed E-state index contributed by atoms with van der Waals surface area (Å²) in [7, 11) is 2.00. The highest BCUT2D eigenvalue weighted by Crippen LogP contribution is 2.22. The molecule has 0 aliphatic heterocycles. The molecule has 0 spiro atoms. The summed E-state index contributed by atoms with van der Waals surface area (Å²) < 4.78 is 9.03. The van der Waals surface area contributed by atoms with Crippen molar-refractivity contribution in [2.24, 2.45) is 12.0 Å². The van der Waals surface area contributed by atoms with E-state index in [9.17, 15) is 0 Å². The Morgan fingerprint density at radius 3 is 2.33 bits per heavy atom. The largest absolute Gasteiger partial charge is 0.457 e. The van der Waals surface area contributed by atoms with Crippen molar-refractivity contribution in [2.75, 3.05) is 5.32 Å². The molecular weight excluding hydrogens is 374 g/mol. The number of anilines is 1. The Kier molecular flexibility index (Phi) is 5.00. The molecule has 0 atom stereocenters. The molecule has 27 heavy (non-hydrogen) atoms. The van der Waals surface area contributed by atoms with E-state index in [1.807, 2.05) is 78.3 Å². The summed E-state index contributed by atoms with van der Waals surface area (Å²) in [5.74, 6) is 1.58. The maximum Gasteiger partial charge on any atom is 0.199 e. The quantitative estimate of drug-likeness (QED) is 0.480. The van der Waals surface area contributed by atoms with Crippen molar-refractivity contribution in [1.82, 2.24) is 4.57 Å². The second kappa shape index (κ2) is 7.73. The van der Waals surface area contributed by atoms with Gasteiger partial charge in [0.05, 0.1) is 10.2 Å². The molecule has 134 valence electrons. The number of hydrogen-bond acceptors (Lipinski definition) is 3. The van der Waals surface area contributed by atoms with Crippen molar-refractivity contribution in [1.29, 1.82) is 0 Å². The van der Waals surface area contributed by atoms with Crippen LogP contribution < -0.4 is 14.9 Å². The van der Waals surface area contributed by atoms with Gasteiger partial charge in [0.1, 0.15) is 11.5 Å². The lowest BCUT2D eigenvalue weighted by atomic mass is 10.3. The fraction of sp³-hybridized carbons (Fsp3) is 0.0476. The molecule has 4 nitrogen and oxygen atoms in total. The molecule has 1 N–H and O–H groups in total. The third-order valence-electron chi connectivity index (χ3n) is 4.00. The van der Waals surface area contributed by atoms with Crippen molar-refractivity contribution >= 4 is 44.6 Å². The topological polar surface area (TPSA) is 38.5 Å². The minimum absolute atomic E-state index is 0.425. The van der Waals surface area contributed by atoms with Crippen LogP contribution in [-0.2, 0) is 7.05 Å². The van der Waals surface area contributed by atoms with Crippen molar-refractivity contribution in [3.8, 4) is 11.5 Å². The van der Waals surface area contributed by atoms with Crippen LogP contribution in [0.5, 0.6) is 11.5 Å². The van der Waals surface area contributed by atoms with Gasteiger partial charge in [-0.1, -0.05) is 41.7 Å². The van der Waals surface area contributed by atoms with E-state index in [-0.39, 0.29) is 0 Å². The monoisotopic (exact) mass is 391 g/mol. The maximum absolute atomic E-state index is 5.80. The first kappa shape index (κ1) is 17.5. The van der Waals surface area contributed by atoms with Crippen molar-refractivity contribution in [3.63, 3.8) is 0 Å². The van der Waals surface area contributed by atoms with E-state index in [0.717, 1.165) is 27.5 Å². The summed E-state index contributed by atoms with van der Waals surface area (Å²) in [4.78, 5) is 5.41. The van der Waals surface area contributed by atoms with Crippen molar-refractivity contribution in [3.05, 3.63) is 83.7 Å². The second-order valence-corrected chi connectivity index (χ2v) is 7.29. The van der Waals surface area contributed by atoms with Gasteiger partial charge in [-0.25, -0.2) is 0 Å². The Bertz CT molecular complexity index is 1150. The highest BCUT2D eigenvalue weighted by Gasteiger charge is 2.03. The number of rotatable bonds is 3. The Morgan fingerprint density at radius 1 is 0.926 bits per heavy atom. The van der Waals surface area contributed by atoms with Gasteiger partial charge in [-0.05, 0) is 60.7 Å². The lowest BCUT2D eigenvalue weighted by molar-refractivity contribution is 0.483. The number of thiocarbonyl (C=S) groups is 1. The number of thiazole rings is 1.